The molecule has 3 aromatic rings. The van der Waals surface area contributed by atoms with Gasteiger partial charge in [-0.25, -0.2) is 0 Å². The highest BCUT2D eigenvalue weighted by atomic mass is 16.5. The molecular formula is C33H43N3O3. The second kappa shape index (κ2) is 13.2. The maximum absolute atomic E-state index is 6.05. The Morgan fingerprint density at radius 3 is 2.33 bits per heavy atom. The van der Waals surface area contributed by atoms with Gasteiger partial charge in [0.15, 0.2) is 0 Å². The average molecular weight is 530 g/mol. The van der Waals surface area contributed by atoms with E-state index in [9.17, 15) is 0 Å². The molecule has 6 heteroatoms. The molecule has 1 unspecified atom stereocenters. The number of hydrogen-bond donors (Lipinski definition) is 1. The van der Waals surface area contributed by atoms with Gasteiger partial charge >= 0.3 is 0 Å². The monoisotopic (exact) mass is 529 g/mol. The highest BCUT2D eigenvalue weighted by molar-refractivity contribution is 5.60. The van der Waals surface area contributed by atoms with Gasteiger partial charge in [-0.05, 0) is 84.7 Å². The maximum atomic E-state index is 6.05. The van der Waals surface area contributed by atoms with Gasteiger partial charge in [-0.3, -0.25) is 4.90 Å². The van der Waals surface area contributed by atoms with Gasteiger partial charge in [-0.15, -0.1) is 0 Å². The second-order valence-corrected chi connectivity index (χ2v) is 10.6. The summed E-state index contributed by atoms with van der Waals surface area (Å²) in [5.74, 6) is 3.27. The van der Waals surface area contributed by atoms with Crippen LogP contribution in [0, 0.1) is 0 Å². The molecule has 0 radical (unpaired) electrons. The van der Waals surface area contributed by atoms with E-state index >= 15 is 0 Å². The molecule has 0 saturated carbocycles. The van der Waals surface area contributed by atoms with E-state index in [4.69, 9.17) is 14.2 Å². The summed E-state index contributed by atoms with van der Waals surface area (Å²) in [5.41, 5.74) is 6.82. The lowest BCUT2D eigenvalue weighted by Crippen LogP contribution is -2.44. The number of rotatable bonds is 11. The third-order valence-electron chi connectivity index (χ3n) is 8.22. The van der Waals surface area contributed by atoms with Crippen molar-refractivity contribution in [2.24, 2.45) is 0 Å². The third kappa shape index (κ3) is 6.87. The fraction of sp³-hybridized carbons (Fsp3) is 0.455. The lowest BCUT2D eigenvalue weighted by Gasteiger charge is -2.32. The molecule has 1 saturated heterocycles. The first kappa shape index (κ1) is 27.4. The quantitative estimate of drug-likeness (QED) is 0.364. The maximum Gasteiger partial charge on any atom is 0.120 e. The number of fused-ring (bicyclic) bond motifs is 1. The minimum absolute atomic E-state index is 0.479. The first-order chi connectivity index (χ1) is 19.2. The number of aryl methyl sites for hydroxylation is 1. The van der Waals surface area contributed by atoms with Crippen LogP contribution < -0.4 is 24.4 Å². The largest absolute Gasteiger partial charge is 0.497 e. The summed E-state index contributed by atoms with van der Waals surface area (Å²) in [6.07, 6.45) is 3.26. The first-order valence-corrected chi connectivity index (χ1v) is 14.4. The summed E-state index contributed by atoms with van der Waals surface area (Å²) in [6.45, 7) is 10.0. The van der Waals surface area contributed by atoms with Crippen LogP contribution in [-0.4, -0.2) is 65.0 Å². The van der Waals surface area contributed by atoms with Crippen molar-refractivity contribution in [2.75, 3.05) is 65.0 Å². The molecule has 5 rings (SSSR count). The van der Waals surface area contributed by atoms with Gasteiger partial charge in [0.25, 0.3) is 0 Å². The van der Waals surface area contributed by atoms with E-state index in [1.807, 2.05) is 0 Å². The van der Waals surface area contributed by atoms with E-state index in [-0.39, 0.29) is 0 Å². The third-order valence-corrected chi connectivity index (χ3v) is 8.22. The van der Waals surface area contributed by atoms with Crippen molar-refractivity contribution >= 4 is 5.69 Å². The fourth-order valence-electron chi connectivity index (χ4n) is 5.90. The Hall–Kier alpha value is -3.22. The first-order valence-electron chi connectivity index (χ1n) is 14.4. The number of piperazine rings is 1. The Morgan fingerprint density at radius 1 is 0.872 bits per heavy atom. The van der Waals surface area contributed by atoms with Gasteiger partial charge in [0.05, 0.1) is 14.2 Å². The van der Waals surface area contributed by atoms with E-state index in [0.29, 0.717) is 5.92 Å². The number of methoxy groups -OCH3 is 2. The molecule has 0 bridgehead atoms. The number of nitrogens with zero attached hydrogens (tertiary/aromatic N) is 2. The lowest BCUT2D eigenvalue weighted by atomic mass is 9.79. The van der Waals surface area contributed by atoms with Crippen molar-refractivity contribution in [3.63, 3.8) is 0 Å². The van der Waals surface area contributed by atoms with Crippen molar-refractivity contribution in [1.29, 1.82) is 0 Å². The average Bonchev–Trinajstić information content (AvgIpc) is 3.00. The molecule has 3 aromatic carbocycles. The Balaban J connectivity index is 1.27. The topological polar surface area (TPSA) is 46.2 Å². The van der Waals surface area contributed by atoms with Gasteiger partial charge in [0.1, 0.15) is 23.9 Å². The van der Waals surface area contributed by atoms with Crippen LogP contribution in [0.1, 0.15) is 41.5 Å². The van der Waals surface area contributed by atoms with Gasteiger partial charge in [0.2, 0.25) is 0 Å². The van der Waals surface area contributed by atoms with E-state index in [1.54, 1.807) is 14.2 Å². The van der Waals surface area contributed by atoms with Gasteiger partial charge in [0, 0.05) is 57.6 Å². The molecule has 1 N–H and O–H groups in total. The van der Waals surface area contributed by atoms with Crippen molar-refractivity contribution in [3.05, 3.63) is 82.9 Å². The zero-order valence-corrected chi connectivity index (χ0v) is 23.7. The molecule has 1 aliphatic carbocycles. The number of hydrogen-bond acceptors (Lipinski definition) is 6. The van der Waals surface area contributed by atoms with Crippen LogP contribution in [0.3, 0.4) is 0 Å². The molecule has 1 fully saturated rings. The number of anilines is 1. The second-order valence-electron chi connectivity index (χ2n) is 10.6. The SMILES string of the molecule is CCN(Cc1ccc(OCCN2CCNCC2)cc1)c1cc(OC)ccc1C1CCc2cc(OC)ccc2C1. The molecule has 208 valence electrons. The Bertz CT molecular complexity index is 1210. The van der Waals surface area contributed by atoms with Crippen molar-refractivity contribution in [1.82, 2.24) is 10.2 Å². The fourth-order valence-corrected chi connectivity index (χ4v) is 5.90. The van der Waals surface area contributed by atoms with Crippen LogP contribution in [0.4, 0.5) is 5.69 Å². The van der Waals surface area contributed by atoms with Crippen LogP contribution in [0.15, 0.2) is 60.7 Å². The molecule has 0 spiro atoms. The van der Waals surface area contributed by atoms with E-state index in [0.717, 1.165) is 88.9 Å². The highest BCUT2D eigenvalue weighted by Gasteiger charge is 2.25. The minimum atomic E-state index is 0.479. The van der Waals surface area contributed by atoms with Gasteiger partial charge in [-0.1, -0.05) is 24.3 Å². The predicted molar refractivity (Wildman–Crippen MR) is 159 cm³/mol. The minimum Gasteiger partial charge on any atom is -0.497 e. The van der Waals surface area contributed by atoms with Crippen LogP contribution in [0.25, 0.3) is 0 Å². The molecule has 1 heterocycles. The molecule has 1 aliphatic heterocycles. The van der Waals surface area contributed by atoms with Crippen molar-refractivity contribution < 1.29 is 14.2 Å². The molecule has 0 amide bonds. The number of nitrogens with one attached hydrogen (secondary N) is 1. The van der Waals surface area contributed by atoms with E-state index < -0.39 is 0 Å². The summed E-state index contributed by atoms with van der Waals surface area (Å²) in [6, 6.07) is 21.8. The Morgan fingerprint density at radius 2 is 1.59 bits per heavy atom. The normalized spacial score (nSPS) is 17.4. The summed E-state index contributed by atoms with van der Waals surface area (Å²) in [5, 5.41) is 3.40. The van der Waals surface area contributed by atoms with Crippen LogP contribution in [0.5, 0.6) is 17.2 Å². The molecule has 1 atom stereocenters. The molecular weight excluding hydrogens is 486 g/mol. The van der Waals surface area contributed by atoms with E-state index in [1.165, 1.54) is 27.9 Å². The molecule has 2 aliphatic rings. The van der Waals surface area contributed by atoms with Crippen molar-refractivity contribution in [3.8, 4) is 17.2 Å². The Kier molecular flexibility index (Phi) is 9.27. The predicted octanol–water partition coefficient (Wildman–Crippen LogP) is 5.29. The van der Waals surface area contributed by atoms with Crippen molar-refractivity contribution in [2.45, 2.75) is 38.6 Å². The standard InChI is InChI=1S/C33H43N3O3/c1-4-36(24-25-5-10-29(11-6-25)39-20-19-35-17-15-34-16-18-35)33-23-31(38-3)13-14-32(33)28-8-7-27-22-30(37-2)12-9-26(27)21-28/h5-6,9-14,22-23,28,34H,4,7-8,15-21,24H2,1-3H3. The molecule has 6 nitrogen and oxygen atoms in total. The highest BCUT2D eigenvalue weighted by Crippen LogP contribution is 2.40. The summed E-state index contributed by atoms with van der Waals surface area (Å²) >= 11 is 0. The van der Waals surface area contributed by atoms with E-state index in [2.05, 4.69) is 82.7 Å². The molecule has 39 heavy (non-hydrogen) atoms. The number of ether oxygens (including phenoxy) is 3. The smallest absolute Gasteiger partial charge is 0.120 e. The van der Waals surface area contributed by atoms with Crippen LogP contribution in [0.2, 0.25) is 0 Å². The van der Waals surface area contributed by atoms with Crippen LogP contribution >= 0.6 is 0 Å². The molecule has 0 aromatic heterocycles. The summed E-state index contributed by atoms with van der Waals surface area (Å²) in [4.78, 5) is 4.93. The zero-order valence-electron chi connectivity index (χ0n) is 23.7. The number of benzene rings is 3. The van der Waals surface area contributed by atoms with Crippen LogP contribution in [-0.2, 0) is 19.4 Å². The van der Waals surface area contributed by atoms with Gasteiger partial charge in [-0.2, -0.15) is 0 Å². The zero-order chi connectivity index (χ0) is 27.0. The Labute approximate surface area is 233 Å². The van der Waals surface area contributed by atoms with Gasteiger partial charge < -0.3 is 24.4 Å². The summed E-state index contributed by atoms with van der Waals surface area (Å²) < 4.78 is 17.2. The lowest BCUT2D eigenvalue weighted by molar-refractivity contribution is 0.191. The summed E-state index contributed by atoms with van der Waals surface area (Å²) in [7, 11) is 3.49.